The molecule has 5 nitrogen and oxygen atoms in total. The Morgan fingerprint density at radius 3 is 2.61 bits per heavy atom. The second-order valence-corrected chi connectivity index (χ2v) is 7.80. The molecule has 0 aromatic heterocycles. The molecule has 23 heavy (non-hydrogen) atoms. The molecule has 5 rings (SSSR count). The van der Waals surface area contributed by atoms with Gasteiger partial charge in [0.1, 0.15) is 6.04 Å². The average molecular weight is 321 g/mol. The minimum absolute atomic E-state index is 0.0938. The van der Waals surface area contributed by atoms with E-state index in [1.807, 2.05) is 0 Å². The summed E-state index contributed by atoms with van der Waals surface area (Å²) < 4.78 is 6.05. The first-order chi connectivity index (χ1) is 11.3. The molecule has 0 spiro atoms. The van der Waals surface area contributed by atoms with Gasteiger partial charge in [-0.2, -0.15) is 0 Å². The minimum Gasteiger partial charge on any atom is -0.374 e. The molecule has 2 unspecified atom stereocenters. The van der Waals surface area contributed by atoms with Crippen LogP contribution in [0.5, 0.6) is 0 Å². The number of nitrogens with zero attached hydrogens (tertiary/aromatic N) is 3. The highest BCUT2D eigenvalue weighted by Gasteiger charge is 2.39. The summed E-state index contributed by atoms with van der Waals surface area (Å²) in [6, 6.07) is 0.0938. The zero-order valence-corrected chi connectivity index (χ0v) is 14.3. The van der Waals surface area contributed by atoms with Crippen LogP contribution in [0, 0.1) is 5.92 Å². The predicted molar refractivity (Wildman–Crippen MR) is 89.3 cm³/mol. The van der Waals surface area contributed by atoms with E-state index in [2.05, 4.69) is 14.7 Å². The molecule has 1 saturated carbocycles. The predicted octanol–water partition coefficient (Wildman–Crippen LogP) is 1.18. The molecule has 0 aromatic rings. The van der Waals surface area contributed by atoms with Crippen LogP contribution in [0.2, 0.25) is 0 Å². The van der Waals surface area contributed by atoms with Crippen molar-refractivity contribution in [2.45, 2.75) is 50.7 Å². The molecule has 4 heterocycles. The second-order valence-electron chi connectivity index (χ2n) is 7.80. The Hall–Kier alpha value is -0.650. The number of hydrogen-bond donors (Lipinski definition) is 0. The lowest BCUT2D eigenvalue weighted by atomic mass is 9.84. The highest BCUT2D eigenvalue weighted by atomic mass is 16.5. The molecule has 0 N–H and O–H groups in total. The maximum Gasteiger partial charge on any atom is 0.241 e. The highest BCUT2D eigenvalue weighted by Crippen LogP contribution is 2.30. The first kappa shape index (κ1) is 15.9. The molecule has 130 valence electrons. The molecular weight excluding hydrogens is 290 g/mol. The number of rotatable bonds is 2. The van der Waals surface area contributed by atoms with E-state index in [4.69, 9.17) is 4.74 Å². The van der Waals surface area contributed by atoms with Crippen molar-refractivity contribution in [1.29, 1.82) is 0 Å². The van der Waals surface area contributed by atoms with Gasteiger partial charge in [0.15, 0.2) is 0 Å². The van der Waals surface area contributed by atoms with Crippen LogP contribution in [0.25, 0.3) is 0 Å². The van der Waals surface area contributed by atoms with Crippen LogP contribution in [0.15, 0.2) is 0 Å². The Morgan fingerprint density at radius 1 is 0.870 bits per heavy atom. The van der Waals surface area contributed by atoms with E-state index >= 15 is 0 Å². The highest BCUT2D eigenvalue weighted by molar-refractivity contribution is 5.82. The summed E-state index contributed by atoms with van der Waals surface area (Å²) in [7, 11) is 0. The van der Waals surface area contributed by atoms with Crippen LogP contribution < -0.4 is 0 Å². The summed E-state index contributed by atoms with van der Waals surface area (Å²) in [6.45, 7) is 7.72. The molecule has 0 aromatic carbocycles. The van der Waals surface area contributed by atoms with Gasteiger partial charge in [-0.3, -0.25) is 14.6 Å². The van der Waals surface area contributed by atoms with Crippen molar-refractivity contribution >= 4 is 5.91 Å². The molecule has 1 aliphatic carbocycles. The number of amides is 1. The lowest BCUT2D eigenvalue weighted by molar-refractivity contribution is -0.148. The summed E-state index contributed by atoms with van der Waals surface area (Å²) in [4.78, 5) is 20.2. The zero-order valence-electron chi connectivity index (χ0n) is 14.3. The number of morpholine rings is 1. The summed E-state index contributed by atoms with van der Waals surface area (Å²) in [5.74, 6) is 1.04. The summed E-state index contributed by atoms with van der Waals surface area (Å²) in [5.41, 5.74) is 0. The molecular formula is C18H31N3O2. The van der Waals surface area contributed by atoms with Gasteiger partial charge in [-0.1, -0.05) is 19.3 Å². The van der Waals surface area contributed by atoms with Crippen molar-refractivity contribution < 1.29 is 9.53 Å². The van der Waals surface area contributed by atoms with E-state index in [9.17, 15) is 4.79 Å². The van der Waals surface area contributed by atoms with Crippen molar-refractivity contribution in [2.24, 2.45) is 5.92 Å². The van der Waals surface area contributed by atoms with E-state index in [0.29, 0.717) is 11.8 Å². The summed E-state index contributed by atoms with van der Waals surface area (Å²) >= 11 is 0. The van der Waals surface area contributed by atoms with Gasteiger partial charge in [0.25, 0.3) is 0 Å². The van der Waals surface area contributed by atoms with Crippen LogP contribution in [0.4, 0.5) is 0 Å². The van der Waals surface area contributed by atoms with Crippen molar-refractivity contribution in [3.05, 3.63) is 0 Å². The van der Waals surface area contributed by atoms with Gasteiger partial charge in [-0.25, -0.2) is 0 Å². The Labute approximate surface area is 139 Å². The monoisotopic (exact) mass is 321 g/mol. The molecule has 0 radical (unpaired) electrons. The quantitative estimate of drug-likeness (QED) is 0.765. The lowest BCUT2D eigenvalue weighted by Gasteiger charge is -2.43. The van der Waals surface area contributed by atoms with Crippen molar-refractivity contribution in [3.63, 3.8) is 0 Å². The van der Waals surface area contributed by atoms with Gasteiger partial charge in [-0.05, 0) is 31.7 Å². The van der Waals surface area contributed by atoms with E-state index < -0.39 is 0 Å². The molecule has 2 bridgehead atoms. The molecule has 4 saturated heterocycles. The van der Waals surface area contributed by atoms with Crippen molar-refractivity contribution in [2.75, 3.05) is 52.4 Å². The van der Waals surface area contributed by atoms with E-state index in [1.165, 1.54) is 38.5 Å². The normalized spacial score (nSPS) is 39.2. The largest absolute Gasteiger partial charge is 0.374 e. The SMILES string of the molecule is O=C([C@@H]1CN2CCCN1CC2)N1CCO[C@H](C2CCCCC2)C1. The van der Waals surface area contributed by atoms with Gasteiger partial charge in [-0.15, -0.1) is 0 Å². The molecule has 4 aliphatic heterocycles. The Balaban J connectivity index is 1.39. The molecule has 1 amide bonds. The van der Waals surface area contributed by atoms with E-state index in [-0.39, 0.29) is 12.1 Å². The first-order valence-electron chi connectivity index (χ1n) is 9.68. The van der Waals surface area contributed by atoms with Crippen LogP contribution in [-0.2, 0) is 9.53 Å². The fraction of sp³-hybridized carbons (Fsp3) is 0.944. The third-order valence-electron chi connectivity index (χ3n) is 6.36. The summed E-state index contributed by atoms with van der Waals surface area (Å²) in [5, 5.41) is 0. The third-order valence-corrected chi connectivity index (χ3v) is 6.36. The maximum atomic E-state index is 13.1. The number of piperazine rings is 1. The fourth-order valence-electron chi connectivity index (χ4n) is 4.96. The smallest absolute Gasteiger partial charge is 0.241 e. The van der Waals surface area contributed by atoms with Crippen LogP contribution in [0.3, 0.4) is 0 Å². The second kappa shape index (κ2) is 7.08. The number of fused-ring (bicyclic) bond motifs is 4. The molecule has 4 atom stereocenters. The summed E-state index contributed by atoms with van der Waals surface area (Å²) in [6.07, 6.45) is 8.11. The Morgan fingerprint density at radius 2 is 1.74 bits per heavy atom. The first-order valence-corrected chi connectivity index (χ1v) is 9.68. The standard InChI is InChI=1S/C18H31N3O2/c22-18(16-13-19-7-4-8-20(16)10-9-19)21-11-12-23-17(14-21)15-5-2-1-3-6-15/h15-17H,1-14H2/t16-,17-/m0/s1. The maximum absolute atomic E-state index is 13.1. The Kier molecular flexibility index (Phi) is 4.88. The molecule has 5 fully saturated rings. The van der Waals surface area contributed by atoms with Crippen molar-refractivity contribution in [3.8, 4) is 0 Å². The van der Waals surface area contributed by atoms with Crippen LogP contribution >= 0.6 is 0 Å². The lowest BCUT2D eigenvalue weighted by Crippen LogP contribution is -2.60. The molecule has 5 aliphatic rings. The van der Waals surface area contributed by atoms with Crippen LogP contribution in [0.1, 0.15) is 38.5 Å². The third kappa shape index (κ3) is 3.42. The topological polar surface area (TPSA) is 36.0 Å². The number of hydrogen-bond acceptors (Lipinski definition) is 4. The number of carbonyl (C=O) groups excluding carboxylic acids is 1. The average Bonchev–Trinajstić information content (AvgIpc) is 2.98. The van der Waals surface area contributed by atoms with Gasteiger partial charge in [0, 0.05) is 39.3 Å². The van der Waals surface area contributed by atoms with Gasteiger partial charge >= 0.3 is 0 Å². The Bertz CT molecular complexity index is 420. The van der Waals surface area contributed by atoms with Gasteiger partial charge in [0.05, 0.1) is 12.7 Å². The van der Waals surface area contributed by atoms with Gasteiger partial charge in [0.2, 0.25) is 5.91 Å². The number of carbonyl (C=O) groups is 1. The number of ether oxygens (including phenoxy) is 1. The van der Waals surface area contributed by atoms with Crippen molar-refractivity contribution in [1.82, 2.24) is 14.7 Å². The van der Waals surface area contributed by atoms with E-state index in [1.54, 1.807) is 0 Å². The zero-order chi connectivity index (χ0) is 15.6. The minimum atomic E-state index is 0.0938. The molecule has 5 heteroatoms. The van der Waals surface area contributed by atoms with E-state index in [0.717, 1.165) is 52.4 Å². The van der Waals surface area contributed by atoms with Crippen LogP contribution in [-0.4, -0.2) is 85.2 Å². The fourth-order valence-corrected chi connectivity index (χ4v) is 4.96. The van der Waals surface area contributed by atoms with Gasteiger partial charge < -0.3 is 9.64 Å².